The normalized spacial score (nSPS) is 19.1. The summed E-state index contributed by atoms with van der Waals surface area (Å²) >= 11 is 0. The Morgan fingerprint density at radius 1 is 0.865 bits per heavy atom. The molecule has 2 heterocycles. The van der Waals surface area contributed by atoms with Crippen molar-refractivity contribution in [1.82, 2.24) is 20.1 Å². The summed E-state index contributed by atoms with van der Waals surface area (Å²) in [5, 5.41) is 12.2. The molecule has 1 saturated heterocycles. The first-order chi connectivity index (χ1) is 18.1. The molecule has 1 aliphatic heterocycles. The number of nitrogens with zero attached hydrogens (tertiary/aromatic N) is 3. The van der Waals surface area contributed by atoms with Gasteiger partial charge in [-0.15, -0.1) is 0 Å². The van der Waals surface area contributed by atoms with E-state index >= 15 is 0 Å². The highest BCUT2D eigenvalue weighted by Crippen LogP contribution is 2.32. The van der Waals surface area contributed by atoms with Gasteiger partial charge in [-0.1, -0.05) is 12.1 Å². The Morgan fingerprint density at radius 2 is 1.43 bits per heavy atom. The van der Waals surface area contributed by atoms with E-state index in [0.29, 0.717) is 32.6 Å². The molecule has 9 nitrogen and oxygen atoms in total. The summed E-state index contributed by atoms with van der Waals surface area (Å²) < 4.78 is 11.3. The zero-order valence-corrected chi connectivity index (χ0v) is 21.2. The van der Waals surface area contributed by atoms with Crippen LogP contribution in [0.1, 0.15) is 24.3 Å². The lowest BCUT2D eigenvalue weighted by Crippen LogP contribution is -2.48. The molecule has 2 aromatic rings. The minimum atomic E-state index is -0.114. The molecular formula is C28H36N4O5. The molecule has 0 spiro atoms. The Kier molecular flexibility index (Phi) is 10.0. The van der Waals surface area contributed by atoms with Gasteiger partial charge in [0, 0.05) is 77.2 Å². The molecule has 1 aliphatic carbocycles. The number of β-amino-alcohol motifs (C(OH)–C–C–N with tert-alkyl or cyclic N) is 1. The SMILES string of the molecule is O=C1CC(c2ccc(OCCOc3ccncc3)cc2)CC(=O)C1=CNCCN1CCN(CCO)CC1. The molecule has 198 valence electrons. The Hall–Kier alpha value is -3.27. The summed E-state index contributed by atoms with van der Waals surface area (Å²) in [6.07, 6.45) is 5.61. The Morgan fingerprint density at radius 3 is 2.03 bits per heavy atom. The first-order valence-electron chi connectivity index (χ1n) is 12.9. The van der Waals surface area contributed by atoms with Gasteiger partial charge in [0.2, 0.25) is 0 Å². The number of Topliss-reactive ketones (excluding diaryl/α,β-unsaturated/α-hetero) is 2. The number of pyridine rings is 1. The van der Waals surface area contributed by atoms with E-state index in [-0.39, 0.29) is 29.7 Å². The van der Waals surface area contributed by atoms with Crippen molar-refractivity contribution in [3.05, 3.63) is 66.1 Å². The van der Waals surface area contributed by atoms with Crippen LogP contribution < -0.4 is 14.8 Å². The van der Waals surface area contributed by atoms with Crippen molar-refractivity contribution in [1.29, 1.82) is 0 Å². The van der Waals surface area contributed by atoms with E-state index in [1.54, 1.807) is 30.7 Å². The van der Waals surface area contributed by atoms with Gasteiger partial charge < -0.3 is 19.9 Å². The van der Waals surface area contributed by atoms with E-state index in [1.807, 2.05) is 24.3 Å². The number of allylic oxidation sites excluding steroid dienone is 1. The monoisotopic (exact) mass is 508 g/mol. The summed E-state index contributed by atoms with van der Waals surface area (Å²) in [5.41, 5.74) is 1.24. The van der Waals surface area contributed by atoms with Crippen LogP contribution in [0, 0.1) is 0 Å². The maximum Gasteiger partial charge on any atom is 0.168 e. The fraction of sp³-hybridized carbons (Fsp3) is 0.464. The first-order valence-corrected chi connectivity index (χ1v) is 12.9. The molecule has 1 saturated carbocycles. The second-order valence-electron chi connectivity index (χ2n) is 9.32. The van der Waals surface area contributed by atoms with Crippen LogP contribution in [-0.4, -0.2) is 97.1 Å². The van der Waals surface area contributed by atoms with Crippen LogP contribution >= 0.6 is 0 Å². The van der Waals surface area contributed by atoms with Crippen LogP contribution in [0.15, 0.2) is 60.6 Å². The lowest BCUT2D eigenvalue weighted by atomic mass is 9.80. The van der Waals surface area contributed by atoms with Crippen molar-refractivity contribution in [3.8, 4) is 11.5 Å². The average Bonchev–Trinajstić information content (AvgIpc) is 2.92. The second-order valence-corrected chi connectivity index (χ2v) is 9.32. The number of piperazine rings is 1. The van der Waals surface area contributed by atoms with Crippen molar-refractivity contribution in [2.45, 2.75) is 18.8 Å². The van der Waals surface area contributed by atoms with Crippen LogP contribution in [0.25, 0.3) is 0 Å². The smallest absolute Gasteiger partial charge is 0.168 e. The minimum Gasteiger partial charge on any atom is -0.490 e. The van der Waals surface area contributed by atoms with Gasteiger partial charge in [0.25, 0.3) is 0 Å². The van der Waals surface area contributed by atoms with E-state index in [0.717, 1.165) is 56.3 Å². The van der Waals surface area contributed by atoms with Gasteiger partial charge in [0.1, 0.15) is 24.7 Å². The molecule has 0 bridgehead atoms. The fourth-order valence-corrected chi connectivity index (χ4v) is 4.66. The second kappa shape index (κ2) is 13.9. The molecule has 2 fully saturated rings. The van der Waals surface area contributed by atoms with Crippen molar-refractivity contribution >= 4 is 11.6 Å². The van der Waals surface area contributed by atoms with Crippen LogP contribution in [0.4, 0.5) is 0 Å². The minimum absolute atomic E-state index is 0.111. The highest BCUT2D eigenvalue weighted by molar-refractivity contribution is 6.22. The van der Waals surface area contributed by atoms with Crippen LogP contribution in [0.5, 0.6) is 11.5 Å². The van der Waals surface area contributed by atoms with Crippen LogP contribution in [0.2, 0.25) is 0 Å². The van der Waals surface area contributed by atoms with E-state index < -0.39 is 0 Å². The highest BCUT2D eigenvalue weighted by Gasteiger charge is 2.31. The Labute approximate surface area is 218 Å². The van der Waals surface area contributed by atoms with E-state index in [2.05, 4.69) is 20.1 Å². The number of rotatable bonds is 12. The predicted molar refractivity (Wildman–Crippen MR) is 140 cm³/mol. The number of hydrogen-bond acceptors (Lipinski definition) is 9. The predicted octanol–water partition coefficient (Wildman–Crippen LogP) is 1.64. The zero-order chi connectivity index (χ0) is 25.9. The van der Waals surface area contributed by atoms with E-state index in [9.17, 15) is 9.59 Å². The summed E-state index contributed by atoms with van der Waals surface area (Å²) in [7, 11) is 0. The third kappa shape index (κ3) is 8.11. The van der Waals surface area contributed by atoms with Crippen LogP contribution in [-0.2, 0) is 9.59 Å². The van der Waals surface area contributed by atoms with Gasteiger partial charge in [-0.3, -0.25) is 24.4 Å². The summed E-state index contributed by atoms with van der Waals surface area (Å²) in [6, 6.07) is 11.2. The molecule has 0 radical (unpaired) electrons. The highest BCUT2D eigenvalue weighted by atomic mass is 16.5. The summed E-state index contributed by atoms with van der Waals surface area (Å²) in [6.45, 7) is 7.11. The first kappa shape index (κ1) is 26.8. The third-order valence-corrected chi connectivity index (χ3v) is 6.79. The van der Waals surface area contributed by atoms with Gasteiger partial charge in [-0.25, -0.2) is 0 Å². The fourth-order valence-electron chi connectivity index (χ4n) is 4.66. The lowest BCUT2D eigenvalue weighted by molar-refractivity contribution is -0.124. The van der Waals surface area contributed by atoms with Gasteiger partial charge in [-0.05, 0) is 35.7 Å². The maximum atomic E-state index is 12.7. The van der Waals surface area contributed by atoms with Crippen molar-refractivity contribution in [2.75, 3.05) is 65.6 Å². The molecule has 4 rings (SSSR count). The van der Waals surface area contributed by atoms with Gasteiger partial charge in [0.05, 0.1) is 12.2 Å². The molecule has 1 aromatic carbocycles. The van der Waals surface area contributed by atoms with Crippen LogP contribution in [0.3, 0.4) is 0 Å². The average molecular weight is 509 g/mol. The molecule has 37 heavy (non-hydrogen) atoms. The molecule has 0 atom stereocenters. The van der Waals surface area contributed by atoms with Gasteiger partial charge in [-0.2, -0.15) is 0 Å². The number of nitrogens with one attached hydrogen (secondary N) is 1. The molecule has 0 unspecified atom stereocenters. The molecular weight excluding hydrogens is 472 g/mol. The van der Waals surface area contributed by atoms with Crippen molar-refractivity contribution in [2.24, 2.45) is 0 Å². The molecule has 2 aliphatic rings. The van der Waals surface area contributed by atoms with Gasteiger partial charge in [0.15, 0.2) is 11.6 Å². The standard InChI is InChI=1S/C28H36N4O5/c33-16-15-32-13-11-31(12-14-32)10-9-30-21-26-27(34)19-23(20-28(26)35)22-1-3-24(4-2-22)36-17-18-37-25-5-7-29-8-6-25/h1-8,21,23,30,33H,9-20H2. The largest absolute Gasteiger partial charge is 0.490 e. The molecule has 2 N–H and O–H groups in total. The van der Waals surface area contributed by atoms with Gasteiger partial charge >= 0.3 is 0 Å². The number of ketones is 2. The Balaban J connectivity index is 1.17. The van der Waals surface area contributed by atoms with Crippen molar-refractivity contribution in [3.63, 3.8) is 0 Å². The summed E-state index contributed by atoms with van der Waals surface area (Å²) in [4.78, 5) is 34.0. The molecule has 0 amide bonds. The number of hydrogen-bond donors (Lipinski definition) is 2. The number of ether oxygens (including phenoxy) is 2. The molecule has 9 heteroatoms. The molecule has 1 aromatic heterocycles. The lowest BCUT2D eigenvalue weighted by Gasteiger charge is -2.34. The number of aliphatic hydroxyl groups excluding tert-OH is 1. The zero-order valence-electron chi connectivity index (χ0n) is 21.2. The third-order valence-electron chi connectivity index (χ3n) is 6.79. The van der Waals surface area contributed by atoms with E-state index in [4.69, 9.17) is 14.6 Å². The number of benzene rings is 1. The number of carbonyl (C=O) groups is 2. The van der Waals surface area contributed by atoms with E-state index in [1.165, 1.54) is 0 Å². The number of carbonyl (C=O) groups excluding carboxylic acids is 2. The van der Waals surface area contributed by atoms with Crippen molar-refractivity contribution < 1.29 is 24.2 Å². The number of aromatic nitrogens is 1. The Bertz CT molecular complexity index is 1020. The maximum absolute atomic E-state index is 12.7. The summed E-state index contributed by atoms with van der Waals surface area (Å²) in [5.74, 6) is 1.13. The number of aliphatic hydroxyl groups is 1. The topological polar surface area (TPSA) is 104 Å². The quantitative estimate of drug-likeness (QED) is 0.252.